The van der Waals surface area contributed by atoms with E-state index in [1.807, 2.05) is 0 Å². The van der Waals surface area contributed by atoms with Crippen molar-refractivity contribution < 1.29 is 4.74 Å². The quantitative estimate of drug-likeness (QED) is 0.563. The van der Waals surface area contributed by atoms with Crippen molar-refractivity contribution in [1.29, 1.82) is 0 Å². The average Bonchev–Trinajstić information content (AvgIpc) is 2.55. The van der Waals surface area contributed by atoms with Crippen LogP contribution in [0.15, 0.2) is 17.3 Å². The summed E-state index contributed by atoms with van der Waals surface area (Å²) < 4.78 is 5.50. The van der Waals surface area contributed by atoms with Crippen molar-refractivity contribution in [1.82, 2.24) is 5.32 Å². The lowest BCUT2D eigenvalue weighted by Gasteiger charge is -2.30. The van der Waals surface area contributed by atoms with Crippen LogP contribution in [-0.4, -0.2) is 24.3 Å². The van der Waals surface area contributed by atoms with Crippen LogP contribution in [0.4, 0.5) is 0 Å². The van der Waals surface area contributed by atoms with Gasteiger partial charge in [0.15, 0.2) is 5.79 Å². The minimum Gasteiger partial charge on any atom is -0.384 e. The molecule has 0 aromatic heterocycles. The van der Waals surface area contributed by atoms with Crippen LogP contribution in [-0.2, 0) is 4.74 Å². The molecule has 0 bridgehead atoms. The third kappa shape index (κ3) is 2.05. The lowest BCUT2D eigenvalue weighted by molar-refractivity contribution is 0.0802. The van der Waals surface area contributed by atoms with Gasteiger partial charge in [0.05, 0.1) is 6.10 Å². The predicted molar refractivity (Wildman–Crippen MR) is 54.4 cm³/mol. The standard InChI is InChI=1S/C9H16N4O/c10-8-3-4-12-9(11,13-8)6-7-2-1-5-14-7/h3-4,7,12H,1-2,5-6,11H2,(H2,10,13)/t7-,9?/m1/s1. The minimum absolute atomic E-state index is 0.204. The van der Waals surface area contributed by atoms with Gasteiger partial charge in [-0.3, -0.25) is 5.73 Å². The van der Waals surface area contributed by atoms with E-state index in [0.717, 1.165) is 19.4 Å². The van der Waals surface area contributed by atoms with Crippen LogP contribution in [0.25, 0.3) is 0 Å². The fourth-order valence-corrected chi connectivity index (χ4v) is 1.83. The van der Waals surface area contributed by atoms with Gasteiger partial charge in [-0.25, -0.2) is 4.99 Å². The number of hydrogen-bond acceptors (Lipinski definition) is 5. The van der Waals surface area contributed by atoms with E-state index >= 15 is 0 Å². The van der Waals surface area contributed by atoms with Gasteiger partial charge in [0.2, 0.25) is 0 Å². The number of nitrogens with zero attached hydrogens (tertiary/aromatic N) is 1. The first kappa shape index (κ1) is 9.48. The molecule has 5 N–H and O–H groups in total. The van der Waals surface area contributed by atoms with Crippen LogP contribution in [0.2, 0.25) is 0 Å². The van der Waals surface area contributed by atoms with E-state index in [4.69, 9.17) is 16.2 Å². The first-order chi connectivity index (χ1) is 6.68. The van der Waals surface area contributed by atoms with Gasteiger partial charge < -0.3 is 15.8 Å². The SMILES string of the molecule is NC1=NC(N)(C[C@H]2CCCO2)NC=C1. The summed E-state index contributed by atoms with van der Waals surface area (Å²) in [6.45, 7) is 0.829. The molecule has 0 aliphatic carbocycles. The summed E-state index contributed by atoms with van der Waals surface area (Å²) in [6, 6.07) is 0. The molecule has 2 aliphatic heterocycles. The lowest BCUT2D eigenvalue weighted by Crippen LogP contribution is -2.54. The van der Waals surface area contributed by atoms with Crippen molar-refractivity contribution in [3.05, 3.63) is 12.3 Å². The van der Waals surface area contributed by atoms with Crippen LogP contribution < -0.4 is 16.8 Å². The van der Waals surface area contributed by atoms with Gasteiger partial charge in [-0.1, -0.05) is 0 Å². The Morgan fingerprint density at radius 1 is 1.71 bits per heavy atom. The third-order valence-electron chi connectivity index (χ3n) is 2.48. The largest absolute Gasteiger partial charge is 0.384 e. The highest BCUT2D eigenvalue weighted by Crippen LogP contribution is 2.21. The summed E-state index contributed by atoms with van der Waals surface area (Å²) in [4.78, 5) is 4.17. The number of nitrogens with two attached hydrogens (primary N) is 2. The molecule has 2 rings (SSSR count). The average molecular weight is 196 g/mol. The molecule has 0 radical (unpaired) electrons. The van der Waals surface area contributed by atoms with Crippen LogP contribution in [0.5, 0.6) is 0 Å². The van der Waals surface area contributed by atoms with E-state index in [9.17, 15) is 0 Å². The molecular weight excluding hydrogens is 180 g/mol. The Bertz CT molecular complexity index is 270. The Morgan fingerprint density at radius 3 is 3.21 bits per heavy atom. The predicted octanol–water partition coefficient (Wildman–Crippen LogP) is -0.358. The Labute approximate surface area is 83.2 Å². The zero-order valence-corrected chi connectivity index (χ0v) is 8.07. The highest BCUT2D eigenvalue weighted by molar-refractivity contribution is 5.92. The Balaban J connectivity index is 1.98. The van der Waals surface area contributed by atoms with Gasteiger partial charge in [-0.05, 0) is 18.9 Å². The van der Waals surface area contributed by atoms with Gasteiger partial charge >= 0.3 is 0 Å². The molecule has 1 saturated heterocycles. The van der Waals surface area contributed by atoms with Crippen molar-refractivity contribution in [2.75, 3.05) is 6.61 Å². The fraction of sp³-hybridized carbons (Fsp3) is 0.667. The molecule has 2 heterocycles. The zero-order chi connectivity index (χ0) is 10.0. The Morgan fingerprint density at radius 2 is 2.57 bits per heavy atom. The molecule has 2 aliphatic rings. The van der Waals surface area contributed by atoms with Crippen LogP contribution in [0, 0.1) is 0 Å². The zero-order valence-electron chi connectivity index (χ0n) is 8.07. The lowest BCUT2D eigenvalue weighted by atomic mass is 10.1. The molecule has 1 fully saturated rings. The highest BCUT2D eigenvalue weighted by atomic mass is 16.5. The normalized spacial score (nSPS) is 36.6. The molecule has 0 aromatic carbocycles. The van der Waals surface area contributed by atoms with E-state index in [1.54, 1.807) is 12.3 Å². The smallest absolute Gasteiger partial charge is 0.186 e. The van der Waals surface area contributed by atoms with E-state index in [0.29, 0.717) is 12.3 Å². The van der Waals surface area contributed by atoms with Crippen LogP contribution >= 0.6 is 0 Å². The van der Waals surface area contributed by atoms with E-state index in [2.05, 4.69) is 10.3 Å². The molecule has 78 valence electrons. The molecule has 1 unspecified atom stereocenters. The Kier molecular flexibility index (Phi) is 2.43. The molecule has 5 nitrogen and oxygen atoms in total. The molecule has 2 atom stereocenters. The molecule has 0 spiro atoms. The highest BCUT2D eigenvalue weighted by Gasteiger charge is 2.30. The van der Waals surface area contributed by atoms with E-state index in [1.165, 1.54) is 0 Å². The fourth-order valence-electron chi connectivity index (χ4n) is 1.83. The molecule has 0 saturated carbocycles. The topological polar surface area (TPSA) is 85.7 Å². The van der Waals surface area contributed by atoms with Crippen LogP contribution in [0.1, 0.15) is 19.3 Å². The van der Waals surface area contributed by atoms with Crippen molar-refractivity contribution in [3.63, 3.8) is 0 Å². The second-order valence-electron chi connectivity index (χ2n) is 3.78. The molecule has 0 amide bonds. The number of rotatable bonds is 2. The Hall–Kier alpha value is -1.07. The van der Waals surface area contributed by atoms with Gasteiger partial charge in [-0.2, -0.15) is 0 Å². The molecule has 14 heavy (non-hydrogen) atoms. The summed E-state index contributed by atoms with van der Waals surface area (Å²) in [6.07, 6.45) is 6.46. The molecule has 5 heteroatoms. The number of nitrogens with one attached hydrogen (secondary N) is 1. The minimum atomic E-state index is -0.784. The van der Waals surface area contributed by atoms with E-state index < -0.39 is 5.79 Å². The number of ether oxygens (including phenoxy) is 1. The first-order valence-electron chi connectivity index (χ1n) is 4.88. The summed E-state index contributed by atoms with van der Waals surface area (Å²) >= 11 is 0. The summed E-state index contributed by atoms with van der Waals surface area (Å²) in [5.74, 6) is -0.322. The van der Waals surface area contributed by atoms with Crippen molar-refractivity contribution >= 4 is 5.84 Å². The summed E-state index contributed by atoms with van der Waals surface area (Å²) in [7, 11) is 0. The van der Waals surface area contributed by atoms with Crippen molar-refractivity contribution in [2.45, 2.75) is 31.2 Å². The van der Waals surface area contributed by atoms with Crippen LogP contribution in [0.3, 0.4) is 0 Å². The first-order valence-corrected chi connectivity index (χ1v) is 4.88. The van der Waals surface area contributed by atoms with Gasteiger partial charge in [0.25, 0.3) is 0 Å². The molecule has 0 aromatic rings. The number of aliphatic imine (C=N–C) groups is 1. The number of hydrogen-bond donors (Lipinski definition) is 3. The van der Waals surface area contributed by atoms with Crippen molar-refractivity contribution in [3.8, 4) is 0 Å². The maximum atomic E-state index is 6.02. The molecular formula is C9H16N4O. The third-order valence-corrected chi connectivity index (χ3v) is 2.48. The summed E-state index contributed by atoms with van der Waals surface area (Å²) in [5, 5.41) is 3.00. The van der Waals surface area contributed by atoms with Crippen molar-refractivity contribution in [2.24, 2.45) is 16.5 Å². The second-order valence-corrected chi connectivity index (χ2v) is 3.78. The number of amidine groups is 1. The maximum Gasteiger partial charge on any atom is 0.186 e. The summed E-state index contributed by atoms with van der Waals surface area (Å²) in [5.41, 5.74) is 11.6. The van der Waals surface area contributed by atoms with Gasteiger partial charge in [0, 0.05) is 19.2 Å². The van der Waals surface area contributed by atoms with E-state index in [-0.39, 0.29) is 6.10 Å². The second kappa shape index (κ2) is 3.59. The maximum absolute atomic E-state index is 6.02. The monoisotopic (exact) mass is 196 g/mol. The van der Waals surface area contributed by atoms with Gasteiger partial charge in [-0.15, -0.1) is 0 Å². The van der Waals surface area contributed by atoms with Gasteiger partial charge in [0.1, 0.15) is 5.84 Å².